The van der Waals surface area contributed by atoms with E-state index < -0.39 is 0 Å². The van der Waals surface area contributed by atoms with Gasteiger partial charge in [-0.1, -0.05) is 44.0 Å². The zero-order valence-corrected chi connectivity index (χ0v) is 17.5. The molecule has 0 saturated heterocycles. The van der Waals surface area contributed by atoms with E-state index in [-0.39, 0.29) is 5.91 Å². The molecule has 0 fully saturated rings. The molecule has 0 saturated carbocycles. The molecule has 0 radical (unpaired) electrons. The lowest BCUT2D eigenvalue weighted by Crippen LogP contribution is -2.17. The number of benzene rings is 2. The first-order valence-electron chi connectivity index (χ1n) is 7.99. The topological polar surface area (TPSA) is 46.4 Å². The summed E-state index contributed by atoms with van der Waals surface area (Å²) in [5.41, 5.74) is 7.31. The number of hydrazone groups is 1. The minimum Gasteiger partial charge on any atom is -0.318 e. The molecule has 26 heavy (non-hydrogen) atoms. The number of hydrogen-bond acceptors (Lipinski definition) is 2. The first kappa shape index (κ1) is 18.6. The Balaban J connectivity index is 1.79. The molecule has 6 heteroatoms. The van der Waals surface area contributed by atoms with Crippen molar-refractivity contribution in [3.05, 3.63) is 86.1 Å². The van der Waals surface area contributed by atoms with Crippen LogP contribution in [-0.4, -0.2) is 16.7 Å². The SMILES string of the molecule is Cc1cc(/C=N\NC(=O)c2cccc(Br)c2)c(C)n1-c1cccc(Br)c1. The van der Waals surface area contributed by atoms with Gasteiger partial charge in [-0.2, -0.15) is 5.10 Å². The summed E-state index contributed by atoms with van der Waals surface area (Å²) in [7, 11) is 0. The smallest absolute Gasteiger partial charge is 0.271 e. The summed E-state index contributed by atoms with van der Waals surface area (Å²) in [5, 5.41) is 4.11. The van der Waals surface area contributed by atoms with E-state index in [1.165, 1.54) is 0 Å². The maximum absolute atomic E-state index is 12.1. The molecule has 3 rings (SSSR count). The van der Waals surface area contributed by atoms with Crippen molar-refractivity contribution < 1.29 is 4.79 Å². The summed E-state index contributed by atoms with van der Waals surface area (Å²) in [6.07, 6.45) is 1.67. The first-order chi connectivity index (χ1) is 12.5. The van der Waals surface area contributed by atoms with Crippen LogP contribution in [0.3, 0.4) is 0 Å². The average molecular weight is 475 g/mol. The van der Waals surface area contributed by atoms with Gasteiger partial charge >= 0.3 is 0 Å². The molecule has 1 heterocycles. The van der Waals surface area contributed by atoms with Gasteiger partial charge in [-0.15, -0.1) is 0 Å². The Hall–Kier alpha value is -2.18. The molecule has 132 valence electrons. The molecule has 0 atom stereocenters. The molecule has 0 aliphatic rings. The van der Waals surface area contributed by atoms with Gasteiger partial charge in [-0.25, -0.2) is 5.43 Å². The van der Waals surface area contributed by atoms with Gasteiger partial charge in [-0.05, 0) is 56.3 Å². The van der Waals surface area contributed by atoms with Gasteiger partial charge in [0.2, 0.25) is 0 Å². The van der Waals surface area contributed by atoms with Crippen molar-refractivity contribution >= 4 is 44.0 Å². The average Bonchev–Trinajstić information content (AvgIpc) is 2.88. The van der Waals surface area contributed by atoms with Crippen LogP contribution in [0, 0.1) is 13.8 Å². The summed E-state index contributed by atoms with van der Waals surface area (Å²) < 4.78 is 4.04. The highest BCUT2D eigenvalue weighted by Crippen LogP contribution is 2.22. The van der Waals surface area contributed by atoms with Gasteiger partial charge < -0.3 is 4.57 Å². The van der Waals surface area contributed by atoms with Crippen LogP contribution >= 0.6 is 31.9 Å². The van der Waals surface area contributed by atoms with E-state index in [9.17, 15) is 4.79 Å². The Kier molecular flexibility index (Phi) is 5.74. The molecular formula is C20H17Br2N3O. The monoisotopic (exact) mass is 473 g/mol. The fourth-order valence-corrected chi connectivity index (χ4v) is 3.57. The van der Waals surface area contributed by atoms with Crippen LogP contribution in [0.25, 0.3) is 5.69 Å². The summed E-state index contributed by atoms with van der Waals surface area (Å²) in [5.74, 6) is -0.247. The number of nitrogens with one attached hydrogen (secondary N) is 1. The number of aromatic nitrogens is 1. The molecule has 0 aliphatic carbocycles. The van der Waals surface area contributed by atoms with Crippen LogP contribution in [0.15, 0.2) is 68.6 Å². The molecule has 0 spiro atoms. The third-order valence-corrected chi connectivity index (χ3v) is 4.98. The molecule has 0 bridgehead atoms. The standard InChI is InChI=1S/C20H17Br2N3O/c1-13-9-16(14(2)25(13)19-8-4-7-18(22)11-19)12-23-24-20(26)15-5-3-6-17(21)10-15/h3-12H,1-2H3,(H,24,26)/b23-12-. The lowest BCUT2D eigenvalue weighted by Gasteiger charge is -2.09. The first-order valence-corrected chi connectivity index (χ1v) is 9.58. The highest BCUT2D eigenvalue weighted by molar-refractivity contribution is 9.10. The number of aryl methyl sites for hydroxylation is 1. The number of amides is 1. The van der Waals surface area contributed by atoms with E-state index in [0.29, 0.717) is 5.56 Å². The van der Waals surface area contributed by atoms with Crippen LogP contribution in [0.4, 0.5) is 0 Å². The Morgan fingerprint density at radius 3 is 2.42 bits per heavy atom. The van der Waals surface area contributed by atoms with Crippen molar-refractivity contribution in [2.24, 2.45) is 5.10 Å². The molecule has 1 amide bonds. The number of halogens is 2. The second kappa shape index (κ2) is 8.01. The van der Waals surface area contributed by atoms with Crippen LogP contribution in [-0.2, 0) is 0 Å². The predicted octanol–water partition coefficient (Wildman–Crippen LogP) is 5.38. The fourth-order valence-electron chi connectivity index (χ4n) is 2.79. The van der Waals surface area contributed by atoms with E-state index in [0.717, 1.165) is 31.6 Å². The Morgan fingerprint density at radius 2 is 1.73 bits per heavy atom. The molecule has 0 unspecified atom stereocenters. The quantitative estimate of drug-likeness (QED) is 0.400. The Bertz CT molecular complexity index is 992. The molecule has 4 nitrogen and oxygen atoms in total. The van der Waals surface area contributed by atoms with Gasteiger partial charge in [-0.3, -0.25) is 4.79 Å². The van der Waals surface area contributed by atoms with Gasteiger partial charge in [0, 0.05) is 37.1 Å². The van der Waals surface area contributed by atoms with Gasteiger partial charge in [0.1, 0.15) is 0 Å². The van der Waals surface area contributed by atoms with Crippen LogP contribution in [0.5, 0.6) is 0 Å². The zero-order valence-electron chi connectivity index (χ0n) is 14.3. The summed E-state index contributed by atoms with van der Waals surface area (Å²) >= 11 is 6.87. The number of carbonyl (C=O) groups is 1. The molecular weight excluding hydrogens is 458 g/mol. The van der Waals surface area contributed by atoms with Gasteiger partial charge in [0.05, 0.1) is 6.21 Å². The lowest BCUT2D eigenvalue weighted by molar-refractivity contribution is 0.0955. The highest BCUT2D eigenvalue weighted by Gasteiger charge is 2.10. The van der Waals surface area contributed by atoms with E-state index in [1.54, 1.807) is 18.3 Å². The zero-order chi connectivity index (χ0) is 18.7. The van der Waals surface area contributed by atoms with Crippen LogP contribution in [0.1, 0.15) is 27.3 Å². The Morgan fingerprint density at radius 1 is 1.04 bits per heavy atom. The summed E-state index contributed by atoms with van der Waals surface area (Å²) in [4.78, 5) is 12.1. The number of carbonyl (C=O) groups excluding carboxylic acids is 1. The normalized spacial score (nSPS) is 11.1. The van der Waals surface area contributed by atoms with Crippen molar-refractivity contribution in [2.45, 2.75) is 13.8 Å². The molecule has 1 N–H and O–H groups in total. The summed E-state index contributed by atoms with van der Waals surface area (Å²) in [6, 6.07) is 17.4. The second-order valence-corrected chi connectivity index (χ2v) is 7.68. The molecule has 3 aromatic rings. The fraction of sp³-hybridized carbons (Fsp3) is 0.100. The van der Waals surface area contributed by atoms with Crippen molar-refractivity contribution in [1.82, 2.24) is 9.99 Å². The second-order valence-electron chi connectivity index (χ2n) is 5.85. The number of nitrogens with zero attached hydrogens (tertiary/aromatic N) is 2. The van der Waals surface area contributed by atoms with Crippen molar-refractivity contribution in [3.8, 4) is 5.69 Å². The van der Waals surface area contributed by atoms with Gasteiger partial charge in [0.15, 0.2) is 0 Å². The minimum atomic E-state index is -0.247. The molecule has 2 aromatic carbocycles. The predicted molar refractivity (Wildman–Crippen MR) is 112 cm³/mol. The highest BCUT2D eigenvalue weighted by atomic mass is 79.9. The summed E-state index contributed by atoms with van der Waals surface area (Å²) in [6.45, 7) is 4.08. The van der Waals surface area contributed by atoms with E-state index >= 15 is 0 Å². The largest absolute Gasteiger partial charge is 0.318 e. The van der Waals surface area contributed by atoms with E-state index in [1.807, 2.05) is 44.2 Å². The maximum atomic E-state index is 12.1. The third kappa shape index (κ3) is 4.14. The van der Waals surface area contributed by atoms with Crippen molar-refractivity contribution in [3.63, 3.8) is 0 Å². The number of rotatable bonds is 4. The number of hydrogen-bond donors (Lipinski definition) is 1. The Labute approximate surface area is 169 Å². The van der Waals surface area contributed by atoms with Crippen LogP contribution in [0.2, 0.25) is 0 Å². The lowest BCUT2D eigenvalue weighted by atomic mass is 10.2. The maximum Gasteiger partial charge on any atom is 0.271 e. The molecule has 1 aromatic heterocycles. The van der Waals surface area contributed by atoms with E-state index in [4.69, 9.17) is 0 Å². The van der Waals surface area contributed by atoms with Crippen LogP contribution < -0.4 is 5.43 Å². The minimum absolute atomic E-state index is 0.247. The van der Waals surface area contributed by atoms with E-state index in [2.05, 4.69) is 59.1 Å². The van der Waals surface area contributed by atoms with Gasteiger partial charge in [0.25, 0.3) is 5.91 Å². The third-order valence-electron chi connectivity index (χ3n) is 3.99. The molecule has 0 aliphatic heterocycles. The van der Waals surface area contributed by atoms with Crippen molar-refractivity contribution in [1.29, 1.82) is 0 Å². The van der Waals surface area contributed by atoms with Crippen molar-refractivity contribution in [2.75, 3.05) is 0 Å².